The number of Topliss-reactive ketones (excluding diaryl/α,β-unsaturated/α-hetero) is 1. The van der Waals surface area contributed by atoms with Crippen LogP contribution < -0.4 is 0 Å². The van der Waals surface area contributed by atoms with E-state index in [0.717, 1.165) is 10.5 Å². The fraction of sp³-hybridized carbons (Fsp3) is 0.250. The van der Waals surface area contributed by atoms with Gasteiger partial charge in [0.1, 0.15) is 6.10 Å². The summed E-state index contributed by atoms with van der Waals surface area (Å²) in [5.41, 5.74) is 0.496. The number of aldehydes is 1. The summed E-state index contributed by atoms with van der Waals surface area (Å²) in [6.07, 6.45) is -0.185. The van der Waals surface area contributed by atoms with Crippen LogP contribution in [0.4, 0.5) is 0 Å². The zero-order valence-electron chi connectivity index (χ0n) is 6.52. The maximum Gasteiger partial charge on any atom is 0.194 e. The Kier molecular flexibility index (Phi) is 2.23. The maximum atomic E-state index is 11.4. The van der Waals surface area contributed by atoms with Crippen molar-refractivity contribution in [1.29, 1.82) is 0 Å². The van der Waals surface area contributed by atoms with E-state index < -0.39 is 6.10 Å². The van der Waals surface area contributed by atoms with Gasteiger partial charge in [-0.15, -0.1) is 23.1 Å². The number of aliphatic hydroxyl groups excluding tert-OH is 1. The van der Waals surface area contributed by atoms with Gasteiger partial charge in [-0.1, -0.05) is 0 Å². The molecule has 1 aliphatic heterocycles. The molecule has 1 aliphatic rings. The van der Waals surface area contributed by atoms with Gasteiger partial charge in [0.25, 0.3) is 0 Å². The minimum absolute atomic E-state index is 0.266. The molecule has 0 aliphatic carbocycles. The van der Waals surface area contributed by atoms with Gasteiger partial charge in [0.05, 0.1) is 9.09 Å². The first kappa shape index (κ1) is 8.93. The van der Waals surface area contributed by atoms with Crippen molar-refractivity contribution in [1.82, 2.24) is 0 Å². The van der Waals surface area contributed by atoms with Crippen LogP contribution in [0.1, 0.15) is 20.0 Å². The Hall–Kier alpha value is -0.650. The summed E-state index contributed by atoms with van der Waals surface area (Å²) in [5, 5.41) is 9.25. The van der Waals surface area contributed by atoms with Gasteiger partial charge in [0.15, 0.2) is 12.1 Å². The summed E-state index contributed by atoms with van der Waals surface area (Å²) in [6.45, 7) is 0. The summed E-state index contributed by atoms with van der Waals surface area (Å²) in [6, 6.07) is 1.55. The van der Waals surface area contributed by atoms with Crippen molar-refractivity contribution in [2.24, 2.45) is 0 Å². The Balaban J connectivity index is 2.47. The van der Waals surface area contributed by atoms with Crippen LogP contribution >= 0.6 is 23.1 Å². The number of thioether (sulfide) groups is 1. The lowest BCUT2D eigenvalue weighted by Crippen LogP contribution is -2.26. The van der Waals surface area contributed by atoms with E-state index in [1.165, 1.54) is 23.1 Å². The average molecular weight is 214 g/mol. The van der Waals surface area contributed by atoms with E-state index in [-0.39, 0.29) is 5.78 Å². The first-order chi connectivity index (χ1) is 6.22. The molecule has 1 atom stereocenters. The molecule has 3 nitrogen and oxygen atoms in total. The summed E-state index contributed by atoms with van der Waals surface area (Å²) >= 11 is 2.73. The standard InChI is InChI=1S/C8H6O3S2/c9-2-4-1-5-7(11)6(10)3-12-8(5)13-4/h1-2,6,10H,3H2. The van der Waals surface area contributed by atoms with E-state index in [1.54, 1.807) is 6.07 Å². The zero-order chi connectivity index (χ0) is 9.42. The first-order valence-corrected chi connectivity index (χ1v) is 5.46. The molecule has 0 bridgehead atoms. The molecule has 0 saturated carbocycles. The Labute approximate surface area is 82.8 Å². The number of fused-ring (bicyclic) bond motifs is 1. The highest BCUT2D eigenvalue weighted by Gasteiger charge is 2.28. The van der Waals surface area contributed by atoms with Crippen LogP contribution in [0.2, 0.25) is 0 Å². The number of rotatable bonds is 1. The van der Waals surface area contributed by atoms with Crippen molar-refractivity contribution in [3.05, 3.63) is 16.5 Å². The third kappa shape index (κ3) is 1.43. The van der Waals surface area contributed by atoms with Crippen molar-refractivity contribution in [3.63, 3.8) is 0 Å². The van der Waals surface area contributed by atoms with E-state index >= 15 is 0 Å². The quantitative estimate of drug-likeness (QED) is 0.714. The van der Waals surface area contributed by atoms with Crippen molar-refractivity contribution < 1.29 is 14.7 Å². The molecule has 0 fully saturated rings. The van der Waals surface area contributed by atoms with Gasteiger partial charge in [-0.2, -0.15) is 0 Å². The number of aliphatic hydroxyl groups is 1. The lowest BCUT2D eigenvalue weighted by atomic mass is 10.1. The molecule has 1 aromatic heterocycles. The molecule has 1 unspecified atom stereocenters. The van der Waals surface area contributed by atoms with E-state index in [2.05, 4.69) is 0 Å². The largest absolute Gasteiger partial charge is 0.384 e. The molecule has 0 aromatic carbocycles. The number of carbonyl (C=O) groups excluding carboxylic acids is 2. The summed E-state index contributed by atoms with van der Waals surface area (Å²) in [5.74, 6) is 0.128. The van der Waals surface area contributed by atoms with Gasteiger partial charge in [0.2, 0.25) is 0 Å². The molecule has 13 heavy (non-hydrogen) atoms. The zero-order valence-corrected chi connectivity index (χ0v) is 8.15. The summed E-state index contributed by atoms with van der Waals surface area (Å²) < 4.78 is 0.845. The third-order valence-electron chi connectivity index (χ3n) is 1.77. The summed E-state index contributed by atoms with van der Waals surface area (Å²) in [4.78, 5) is 22.4. The number of ketones is 1. The van der Waals surface area contributed by atoms with Crippen LogP contribution in [-0.2, 0) is 0 Å². The van der Waals surface area contributed by atoms with Gasteiger partial charge in [-0.25, -0.2) is 0 Å². The normalized spacial score (nSPS) is 21.3. The van der Waals surface area contributed by atoms with Gasteiger partial charge >= 0.3 is 0 Å². The van der Waals surface area contributed by atoms with Crippen LogP contribution in [-0.4, -0.2) is 29.0 Å². The van der Waals surface area contributed by atoms with E-state index in [1.807, 2.05) is 0 Å². The average Bonchev–Trinajstić information content (AvgIpc) is 2.55. The molecule has 0 saturated heterocycles. The van der Waals surface area contributed by atoms with Gasteiger partial charge in [-0.05, 0) is 6.07 Å². The topological polar surface area (TPSA) is 54.4 Å². The Morgan fingerprint density at radius 2 is 2.38 bits per heavy atom. The van der Waals surface area contributed by atoms with Crippen LogP contribution in [0.5, 0.6) is 0 Å². The molecule has 2 rings (SSSR count). The minimum Gasteiger partial charge on any atom is -0.384 e. The van der Waals surface area contributed by atoms with Crippen molar-refractivity contribution in [2.75, 3.05) is 5.75 Å². The molecule has 1 aromatic rings. The third-order valence-corrected chi connectivity index (χ3v) is 4.20. The molecular formula is C8H6O3S2. The van der Waals surface area contributed by atoms with E-state index in [0.29, 0.717) is 16.2 Å². The van der Waals surface area contributed by atoms with Gasteiger partial charge < -0.3 is 5.11 Å². The number of hydrogen-bond acceptors (Lipinski definition) is 5. The lowest BCUT2D eigenvalue weighted by Gasteiger charge is -2.14. The van der Waals surface area contributed by atoms with Crippen LogP contribution in [0.3, 0.4) is 0 Å². The van der Waals surface area contributed by atoms with Gasteiger partial charge in [0, 0.05) is 11.3 Å². The molecule has 1 N–H and O–H groups in total. The highest BCUT2D eigenvalue weighted by molar-refractivity contribution is 8.01. The molecule has 0 radical (unpaired) electrons. The molecule has 68 valence electrons. The smallest absolute Gasteiger partial charge is 0.194 e. The van der Waals surface area contributed by atoms with Crippen LogP contribution in [0.15, 0.2) is 10.3 Å². The fourth-order valence-corrected chi connectivity index (χ4v) is 3.35. The molecule has 5 heteroatoms. The number of hydrogen-bond donors (Lipinski definition) is 1. The Bertz CT molecular complexity index is 369. The highest BCUT2D eigenvalue weighted by Crippen LogP contribution is 2.36. The summed E-state index contributed by atoms with van der Waals surface area (Å²) in [7, 11) is 0. The van der Waals surface area contributed by atoms with Crippen molar-refractivity contribution in [2.45, 2.75) is 10.3 Å². The number of carbonyl (C=O) groups is 2. The molecule has 2 heterocycles. The Morgan fingerprint density at radius 1 is 1.62 bits per heavy atom. The van der Waals surface area contributed by atoms with E-state index in [4.69, 9.17) is 0 Å². The Morgan fingerprint density at radius 3 is 3.08 bits per heavy atom. The van der Waals surface area contributed by atoms with Crippen molar-refractivity contribution >= 4 is 35.2 Å². The number of thiophene rings is 1. The second kappa shape index (κ2) is 3.25. The van der Waals surface area contributed by atoms with Crippen molar-refractivity contribution in [3.8, 4) is 0 Å². The fourth-order valence-electron chi connectivity index (χ4n) is 1.14. The second-order valence-electron chi connectivity index (χ2n) is 2.66. The maximum absolute atomic E-state index is 11.4. The monoisotopic (exact) mass is 214 g/mol. The first-order valence-electron chi connectivity index (χ1n) is 3.66. The predicted molar refractivity (Wildman–Crippen MR) is 50.8 cm³/mol. The lowest BCUT2D eigenvalue weighted by molar-refractivity contribution is 0.0780. The van der Waals surface area contributed by atoms with Crippen LogP contribution in [0, 0.1) is 0 Å². The highest BCUT2D eigenvalue weighted by atomic mass is 32.2. The second-order valence-corrected chi connectivity index (χ2v) is 5.03. The molecule has 0 amide bonds. The predicted octanol–water partition coefficient (Wildman–Crippen LogP) is 1.21. The SMILES string of the molecule is O=Cc1cc2c(s1)SCC(O)C2=O. The van der Waals surface area contributed by atoms with Crippen LogP contribution in [0.25, 0.3) is 0 Å². The molecule has 0 spiro atoms. The van der Waals surface area contributed by atoms with Gasteiger partial charge in [-0.3, -0.25) is 9.59 Å². The van der Waals surface area contributed by atoms with E-state index in [9.17, 15) is 14.7 Å². The minimum atomic E-state index is -0.911. The molecular weight excluding hydrogens is 208 g/mol.